The minimum absolute atomic E-state index is 0.169. The largest absolute Gasteiger partial charge is 0.393 e. The fourth-order valence-electron chi connectivity index (χ4n) is 2.32. The van der Waals surface area contributed by atoms with Crippen LogP contribution in [-0.4, -0.2) is 11.9 Å². The van der Waals surface area contributed by atoms with Gasteiger partial charge in [-0.3, -0.25) is 9.59 Å². The number of cyclic esters (lactones) is 2. The quantitative estimate of drug-likeness (QED) is 0.258. The molecule has 1 unspecified atom stereocenters. The molecular formula is C16H26O3. The number of hydrogen-bond donors (Lipinski definition) is 0. The van der Waals surface area contributed by atoms with Gasteiger partial charge in [-0.1, -0.05) is 44.8 Å². The summed E-state index contributed by atoms with van der Waals surface area (Å²) in [5, 5.41) is 0. The van der Waals surface area contributed by atoms with E-state index in [4.69, 9.17) is 0 Å². The molecule has 0 aromatic heterocycles. The minimum atomic E-state index is -0.356. The maximum Gasteiger partial charge on any atom is 0.317 e. The highest BCUT2D eigenvalue weighted by Crippen LogP contribution is 2.22. The first-order chi connectivity index (χ1) is 9.24. The van der Waals surface area contributed by atoms with Gasteiger partial charge in [-0.15, -0.1) is 0 Å². The second kappa shape index (κ2) is 9.76. The number of hydrogen-bond acceptors (Lipinski definition) is 3. The highest BCUT2D eigenvalue weighted by atomic mass is 16.6. The number of rotatable bonds is 10. The lowest BCUT2D eigenvalue weighted by Crippen LogP contribution is -2.06. The molecule has 1 rings (SSSR count). The molecule has 0 N–H and O–H groups in total. The highest BCUT2D eigenvalue weighted by molar-refractivity contribution is 5.94. The Morgan fingerprint density at radius 1 is 1.05 bits per heavy atom. The summed E-state index contributed by atoms with van der Waals surface area (Å²) in [6, 6.07) is 0. The Bertz CT molecular complexity index is 307. The number of esters is 2. The van der Waals surface area contributed by atoms with Crippen molar-refractivity contribution in [2.24, 2.45) is 5.92 Å². The monoisotopic (exact) mass is 266 g/mol. The van der Waals surface area contributed by atoms with Crippen molar-refractivity contribution < 1.29 is 14.3 Å². The van der Waals surface area contributed by atoms with Gasteiger partial charge >= 0.3 is 11.9 Å². The molecule has 0 aliphatic carbocycles. The Morgan fingerprint density at radius 2 is 1.74 bits per heavy atom. The molecule has 0 radical (unpaired) electrons. The van der Waals surface area contributed by atoms with Crippen molar-refractivity contribution in [3.05, 3.63) is 12.2 Å². The summed E-state index contributed by atoms with van der Waals surface area (Å²) in [7, 11) is 0. The van der Waals surface area contributed by atoms with Crippen LogP contribution in [0.4, 0.5) is 0 Å². The van der Waals surface area contributed by atoms with Crippen molar-refractivity contribution in [3.63, 3.8) is 0 Å². The zero-order chi connectivity index (χ0) is 13.9. The van der Waals surface area contributed by atoms with Gasteiger partial charge in [0.25, 0.3) is 0 Å². The molecule has 3 heteroatoms. The maximum atomic E-state index is 11.2. The molecule has 3 nitrogen and oxygen atoms in total. The van der Waals surface area contributed by atoms with Crippen LogP contribution in [0.3, 0.4) is 0 Å². The Balaban J connectivity index is 1.91. The van der Waals surface area contributed by atoms with E-state index in [9.17, 15) is 9.59 Å². The SMILES string of the molecule is CCCCC/C=C/CCCCCC1CC(=O)OC1=O. The van der Waals surface area contributed by atoms with Crippen LogP contribution < -0.4 is 0 Å². The average molecular weight is 266 g/mol. The molecule has 1 fully saturated rings. The van der Waals surface area contributed by atoms with Gasteiger partial charge < -0.3 is 4.74 Å². The van der Waals surface area contributed by atoms with Gasteiger partial charge in [-0.25, -0.2) is 0 Å². The first-order valence-corrected chi connectivity index (χ1v) is 7.63. The third kappa shape index (κ3) is 7.14. The van der Waals surface area contributed by atoms with E-state index in [-0.39, 0.29) is 24.3 Å². The predicted molar refractivity (Wildman–Crippen MR) is 75.6 cm³/mol. The summed E-state index contributed by atoms with van der Waals surface area (Å²) >= 11 is 0. The molecule has 108 valence electrons. The van der Waals surface area contributed by atoms with Crippen LogP contribution in [-0.2, 0) is 14.3 Å². The van der Waals surface area contributed by atoms with Crippen molar-refractivity contribution in [2.75, 3.05) is 0 Å². The van der Waals surface area contributed by atoms with Crippen molar-refractivity contribution in [1.29, 1.82) is 0 Å². The van der Waals surface area contributed by atoms with E-state index in [2.05, 4.69) is 23.8 Å². The molecule has 1 atom stereocenters. The maximum absolute atomic E-state index is 11.2. The van der Waals surface area contributed by atoms with Crippen molar-refractivity contribution in [2.45, 2.75) is 71.1 Å². The average Bonchev–Trinajstić information content (AvgIpc) is 2.70. The zero-order valence-electron chi connectivity index (χ0n) is 12.0. The first-order valence-electron chi connectivity index (χ1n) is 7.63. The Morgan fingerprint density at radius 3 is 2.32 bits per heavy atom. The summed E-state index contributed by atoms with van der Waals surface area (Å²) in [5.41, 5.74) is 0. The molecule has 0 bridgehead atoms. The number of ether oxygens (including phenoxy) is 1. The van der Waals surface area contributed by atoms with Crippen LogP contribution in [0.25, 0.3) is 0 Å². The summed E-state index contributed by atoms with van der Waals surface area (Å²) in [6.45, 7) is 2.22. The molecule has 0 spiro atoms. The van der Waals surface area contributed by atoms with E-state index in [1.807, 2.05) is 0 Å². The highest BCUT2D eigenvalue weighted by Gasteiger charge is 2.32. The van der Waals surface area contributed by atoms with Gasteiger partial charge in [-0.2, -0.15) is 0 Å². The lowest BCUT2D eigenvalue weighted by atomic mass is 9.99. The van der Waals surface area contributed by atoms with E-state index < -0.39 is 0 Å². The molecule has 1 saturated heterocycles. The molecule has 0 aromatic rings. The van der Waals surface area contributed by atoms with Gasteiger partial charge in [-0.05, 0) is 32.1 Å². The fourth-order valence-corrected chi connectivity index (χ4v) is 2.32. The Labute approximate surface area is 116 Å². The Hall–Kier alpha value is -1.12. The normalized spacial score (nSPS) is 19.3. The van der Waals surface area contributed by atoms with E-state index in [1.54, 1.807) is 0 Å². The fraction of sp³-hybridized carbons (Fsp3) is 0.750. The van der Waals surface area contributed by atoms with Crippen LogP contribution in [0.2, 0.25) is 0 Å². The van der Waals surface area contributed by atoms with Gasteiger partial charge in [0.1, 0.15) is 0 Å². The predicted octanol–water partition coefficient (Wildman–Crippen LogP) is 4.16. The molecular weight excluding hydrogens is 240 g/mol. The van der Waals surface area contributed by atoms with Gasteiger partial charge in [0.2, 0.25) is 0 Å². The van der Waals surface area contributed by atoms with E-state index in [0.29, 0.717) is 0 Å². The van der Waals surface area contributed by atoms with Crippen LogP contribution >= 0.6 is 0 Å². The molecule has 0 aromatic carbocycles. The minimum Gasteiger partial charge on any atom is -0.393 e. The molecule has 0 saturated carbocycles. The second-order valence-electron chi connectivity index (χ2n) is 5.30. The van der Waals surface area contributed by atoms with E-state index in [0.717, 1.165) is 25.7 Å². The van der Waals surface area contributed by atoms with Gasteiger partial charge in [0.15, 0.2) is 0 Å². The van der Waals surface area contributed by atoms with Crippen LogP contribution in [0.1, 0.15) is 71.1 Å². The lowest BCUT2D eigenvalue weighted by molar-refractivity contribution is -0.153. The summed E-state index contributed by atoms with van der Waals surface area (Å²) < 4.78 is 4.53. The number of allylic oxidation sites excluding steroid dienone is 2. The number of carbonyl (C=O) groups excluding carboxylic acids is 2. The van der Waals surface area contributed by atoms with Crippen LogP contribution in [0.15, 0.2) is 12.2 Å². The Kier molecular flexibility index (Phi) is 8.19. The molecule has 0 amide bonds. The molecule has 1 heterocycles. The van der Waals surface area contributed by atoms with Crippen LogP contribution in [0, 0.1) is 5.92 Å². The third-order valence-electron chi connectivity index (χ3n) is 3.53. The molecule has 1 aliphatic heterocycles. The van der Waals surface area contributed by atoms with Crippen molar-refractivity contribution >= 4 is 11.9 Å². The zero-order valence-corrected chi connectivity index (χ0v) is 12.0. The lowest BCUT2D eigenvalue weighted by Gasteiger charge is -2.03. The second-order valence-corrected chi connectivity index (χ2v) is 5.30. The van der Waals surface area contributed by atoms with E-state index >= 15 is 0 Å². The topological polar surface area (TPSA) is 43.4 Å². The standard InChI is InChI=1S/C16H26O3/c1-2-3-4-5-6-7-8-9-10-11-12-14-13-15(17)19-16(14)18/h6-7,14H,2-5,8-13H2,1H3/b7-6+. The smallest absolute Gasteiger partial charge is 0.317 e. The van der Waals surface area contributed by atoms with Crippen LogP contribution in [0.5, 0.6) is 0 Å². The summed E-state index contributed by atoms with van der Waals surface area (Å²) in [4.78, 5) is 22.1. The third-order valence-corrected chi connectivity index (χ3v) is 3.53. The van der Waals surface area contributed by atoms with Crippen molar-refractivity contribution in [3.8, 4) is 0 Å². The number of carbonyl (C=O) groups is 2. The van der Waals surface area contributed by atoms with Gasteiger partial charge in [0, 0.05) is 0 Å². The van der Waals surface area contributed by atoms with Crippen molar-refractivity contribution in [1.82, 2.24) is 0 Å². The summed E-state index contributed by atoms with van der Waals surface area (Å²) in [5.74, 6) is -0.845. The van der Waals surface area contributed by atoms with Gasteiger partial charge in [0.05, 0.1) is 12.3 Å². The summed E-state index contributed by atoms with van der Waals surface area (Å²) in [6.07, 6.45) is 15.1. The number of unbranched alkanes of at least 4 members (excludes halogenated alkanes) is 6. The molecule has 1 aliphatic rings. The van der Waals surface area contributed by atoms with E-state index in [1.165, 1.54) is 32.1 Å². The first kappa shape index (κ1) is 15.9. The molecule has 19 heavy (non-hydrogen) atoms.